The lowest BCUT2D eigenvalue weighted by Gasteiger charge is -2.40. The van der Waals surface area contributed by atoms with Crippen LogP contribution in [0.25, 0.3) is 0 Å². The van der Waals surface area contributed by atoms with Crippen LogP contribution in [0.2, 0.25) is 0 Å². The van der Waals surface area contributed by atoms with E-state index < -0.39 is 0 Å². The maximum atomic E-state index is 12.8. The molecule has 1 atom stereocenters. The Labute approximate surface area is 145 Å². The van der Waals surface area contributed by atoms with Gasteiger partial charge in [-0.1, -0.05) is 19.8 Å². The number of ether oxygens (including phenoxy) is 1. The van der Waals surface area contributed by atoms with Gasteiger partial charge in [0.15, 0.2) is 0 Å². The molecule has 2 rings (SSSR count). The van der Waals surface area contributed by atoms with E-state index in [2.05, 4.69) is 10.2 Å². The molecule has 0 aromatic heterocycles. The monoisotopic (exact) mass is 339 g/mol. The molecule has 1 saturated carbocycles. The Balaban J connectivity index is 1.91. The molecule has 0 spiro atoms. The molecule has 0 aromatic rings. The molecular weight excluding hydrogens is 306 g/mol. The van der Waals surface area contributed by atoms with Crippen molar-refractivity contribution in [3.63, 3.8) is 0 Å². The zero-order valence-corrected chi connectivity index (χ0v) is 15.3. The fraction of sp³-hybridized carbons (Fsp3) is 0.889. The predicted molar refractivity (Wildman–Crippen MR) is 93.7 cm³/mol. The van der Waals surface area contributed by atoms with E-state index in [-0.39, 0.29) is 17.9 Å². The van der Waals surface area contributed by atoms with Crippen molar-refractivity contribution in [2.45, 2.75) is 51.5 Å². The number of methoxy groups -OCH3 is 1. The van der Waals surface area contributed by atoms with Crippen LogP contribution in [-0.2, 0) is 14.3 Å². The Morgan fingerprint density at radius 2 is 1.83 bits per heavy atom. The minimum atomic E-state index is -0.0334. The number of hydrogen-bond donors (Lipinski definition) is 1. The number of carbonyl (C=O) groups excluding carboxylic acids is 2. The Morgan fingerprint density at radius 3 is 2.42 bits per heavy atom. The van der Waals surface area contributed by atoms with Crippen LogP contribution in [-0.4, -0.2) is 74.1 Å². The van der Waals surface area contributed by atoms with E-state index in [1.807, 2.05) is 11.8 Å². The molecule has 6 nitrogen and oxygen atoms in total. The van der Waals surface area contributed by atoms with Gasteiger partial charge in [-0.2, -0.15) is 0 Å². The molecule has 2 amide bonds. The number of piperazine rings is 1. The van der Waals surface area contributed by atoms with E-state index >= 15 is 0 Å². The lowest BCUT2D eigenvalue weighted by Crippen LogP contribution is -2.58. The highest BCUT2D eigenvalue weighted by Crippen LogP contribution is 2.31. The highest BCUT2D eigenvalue weighted by atomic mass is 16.5. The van der Waals surface area contributed by atoms with Crippen molar-refractivity contribution in [2.75, 3.05) is 46.4 Å². The first-order valence-corrected chi connectivity index (χ1v) is 9.45. The molecular formula is C18H33N3O3. The van der Waals surface area contributed by atoms with Crippen LogP contribution in [0.3, 0.4) is 0 Å². The highest BCUT2D eigenvalue weighted by molar-refractivity contribution is 5.82. The zero-order chi connectivity index (χ0) is 17.4. The average Bonchev–Trinajstić information content (AvgIpc) is 3.13. The number of carbonyl (C=O) groups is 2. The molecule has 0 bridgehead atoms. The third-order valence-corrected chi connectivity index (χ3v) is 5.30. The summed E-state index contributed by atoms with van der Waals surface area (Å²) in [6.45, 7) is 6.34. The van der Waals surface area contributed by atoms with Gasteiger partial charge < -0.3 is 15.0 Å². The summed E-state index contributed by atoms with van der Waals surface area (Å²) in [6, 6.07) is -0.0334. The van der Waals surface area contributed by atoms with Crippen LogP contribution in [0.15, 0.2) is 0 Å². The van der Waals surface area contributed by atoms with Gasteiger partial charge in [0.25, 0.3) is 0 Å². The van der Waals surface area contributed by atoms with Gasteiger partial charge in [-0.25, -0.2) is 0 Å². The summed E-state index contributed by atoms with van der Waals surface area (Å²) in [6.07, 6.45) is 6.15. The number of amides is 2. The van der Waals surface area contributed by atoms with E-state index in [0.717, 1.165) is 45.4 Å². The fourth-order valence-electron chi connectivity index (χ4n) is 3.96. The number of nitrogens with zero attached hydrogens (tertiary/aromatic N) is 2. The van der Waals surface area contributed by atoms with Gasteiger partial charge >= 0.3 is 0 Å². The van der Waals surface area contributed by atoms with E-state index in [1.165, 1.54) is 12.8 Å². The summed E-state index contributed by atoms with van der Waals surface area (Å²) < 4.78 is 5.05. The van der Waals surface area contributed by atoms with Crippen molar-refractivity contribution >= 4 is 11.8 Å². The maximum Gasteiger partial charge on any atom is 0.237 e. The molecule has 0 radical (unpaired) electrons. The van der Waals surface area contributed by atoms with E-state index in [9.17, 15) is 9.59 Å². The third-order valence-electron chi connectivity index (χ3n) is 5.30. The molecule has 1 saturated heterocycles. The zero-order valence-electron chi connectivity index (χ0n) is 15.3. The summed E-state index contributed by atoms with van der Waals surface area (Å²) in [5, 5.41) is 3.10. The molecule has 1 aliphatic heterocycles. The molecule has 6 heteroatoms. The minimum absolute atomic E-state index is 0.0334. The first kappa shape index (κ1) is 19.2. The second-order valence-corrected chi connectivity index (χ2v) is 6.90. The Kier molecular flexibility index (Phi) is 7.99. The van der Waals surface area contributed by atoms with E-state index in [0.29, 0.717) is 25.5 Å². The van der Waals surface area contributed by atoms with Crippen molar-refractivity contribution in [1.29, 1.82) is 0 Å². The number of hydrogen-bond acceptors (Lipinski definition) is 4. The predicted octanol–water partition coefficient (Wildman–Crippen LogP) is 1.25. The van der Waals surface area contributed by atoms with Crippen LogP contribution in [0, 0.1) is 5.92 Å². The normalized spacial score (nSPS) is 21.0. The van der Waals surface area contributed by atoms with Crippen LogP contribution in [0.5, 0.6) is 0 Å². The highest BCUT2D eigenvalue weighted by Gasteiger charge is 2.36. The Bertz CT molecular complexity index is 402. The molecule has 138 valence electrons. The second-order valence-electron chi connectivity index (χ2n) is 6.90. The van der Waals surface area contributed by atoms with Crippen LogP contribution in [0.1, 0.15) is 45.4 Å². The van der Waals surface area contributed by atoms with Crippen molar-refractivity contribution in [2.24, 2.45) is 5.92 Å². The van der Waals surface area contributed by atoms with Crippen molar-refractivity contribution in [3.8, 4) is 0 Å². The molecule has 0 aromatic carbocycles. The maximum absolute atomic E-state index is 12.8. The summed E-state index contributed by atoms with van der Waals surface area (Å²) in [4.78, 5) is 28.9. The molecule has 2 fully saturated rings. The van der Waals surface area contributed by atoms with Gasteiger partial charge in [0.1, 0.15) is 0 Å². The van der Waals surface area contributed by atoms with E-state index in [1.54, 1.807) is 7.11 Å². The van der Waals surface area contributed by atoms with Gasteiger partial charge in [0.05, 0.1) is 6.04 Å². The van der Waals surface area contributed by atoms with Crippen LogP contribution >= 0.6 is 0 Å². The van der Waals surface area contributed by atoms with Crippen molar-refractivity contribution in [3.05, 3.63) is 0 Å². The largest absolute Gasteiger partial charge is 0.385 e. The lowest BCUT2D eigenvalue weighted by molar-refractivity contribution is -0.135. The lowest BCUT2D eigenvalue weighted by atomic mass is 9.95. The quantitative estimate of drug-likeness (QED) is 0.676. The Morgan fingerprint density at radius 1 is 1.17 bits per heavy atom. The molecule has 1 N–H and O–H groups in total. The molecule has 1 aliphatic carbocycles. The van der Waals surface area contributed by atoms with Gasteiger partial charge in [-0.15, -0.1) is 0 Å². The average molecular weight is 339 g/mol. The summed E-state index contributed by atoms with van der Waals surface area (Å²) in [5.74, 6) is 0.838. The smallest absolute Gasteiger partial charge is 0.237 e. The van der Waals surface area contributed by atoms with Crippen molar-refractivity contribution in [1.82, 2.24) is 15.1 Å². The standard InChI is InChI=1S/C18H33N3O3/c1-3-16(22)20-10-12-21(13-11-20)17(15-7-4-5-8-15)18(23)19-9-6-14-24-2/h15,17H,3-14H2,1-2H3,(H,19,23)/t17-/m1/s1. The molecule has 1 heterocycles. The Hall–Kier alpha value is -1.14. The van der Waals surface area contributed by atoms with E-state index in [4.69, 9.17) is 4.74 Å². The second kappa shape index (κ2) is 9.99. The van der Waals surface area contributed by atoms with Gasteiger partial charge in [-0.05, 0) is 25.2 Å². The van der Waals surface area contributed by atoms with Gasteiger partial charge in [0, 0.05) is 52.9 Å². The molecule has 0 unspecified atom stereocenters. The fourth-order valence-corrected chi connectivity index (χ4v) is 3.96. The minimum Gasteiger partial charge on any atom is -0.385 e. The summed E-state index contributed by atoms with van der Waals surface area (Å²) in [5.41, 5.74) is 0. The molecule has 24 heavy (non-hydrogen) atoms. The first-order valence-electron chi connectivity index (χ1n) is 9.45. The van der Waals surface area contributed by atoms with Gasteiger partial charge in [-0.3, -0.25) is 14.5 Å². The van der Waals surface area contributed by atoms with Crippen LogP contribution in [0.4, 0.5) is 0 Å². The van der Waals surface area contributed by atoms with Gasteiger partial charge in [0.2, 0.25) is 11.8 Å². The van der Waals surface area contributed by atoms with Crippen LogP contribution < -0.4 is 5.32 Å². The SMILES string of the molecule is CCC(=O)N1CCN([C@@H](C(=O)NCCCOC)C2CCCC2)CC1. The first-order chi connectivity index (χ1) is 11.7. The summed E-state index contributed by atoms with van der Waals surface area (Å²) in [7, 11) is 1.68. The number of nitrogens with one attached hydrogen (secondary N) is 1. The molecule has 2 aliphatic rings. The third kappa shape index (κ3) is 5.18. The van der Waals surface area contributed by atoms with Crippen molar-refractivity contribution < 1.29 is 14.3 Å². The topological polar surface area (TPSA) is 61.9 Å². The number of rotatable bonds is 8. The summed E-state index contributed by atoms with van der Waals surface area (Å²) >= 11 is 0.